The van der Waals surface area contributed by atoms with Gasteiger partial charge in [0.1, 0.15) is 0 Å². The molecule has 0 spiro atoms. The summed E-state index contributed by atoms with van der Waals surface area (Å²) in [5.41, 5.74) is 0.343. The first kappa shape index (κ1) is 6.33. The Hall–Kier alpha value is -1.46. The lowest BCUT2D eigenvalue weighted by molar-refractivity contribution is 0.228. The number of benzene rings is 1. The van der Waals surface area contributed by atoms with Gasteiger partial charge in [0.15, 0.2) is 11.5 Å². The number of nitrogens with zero attached hydrogens (tertiary/aromatic N) is 1. The van der Waals surface area contributed by atoms with Gasteiger partial charge in [-0.1, -0.05) is 6.07 Å². The molecule has 1 N–H and O–H groups in total. The van der Waals surface area contributed by atoms with Crippen molar-refractivity contribution in [3.63, 3.8) is 0 Å². The molecule has 19 heavy (non-hydrogen) atoms. The van der Waals surface area contributed by atoms with Crippen molar-refractivity contribution in [2.24, 2.45) is 0 Å². The summed E-state index contributed by atoms with van der Waals surface area (Å²) in [5.74, 6) is -1.41. The average molecular weight is 275 g/mol. The highest BCUT2D eigenvalue weighted by molar-refractivity contribution is 5.55. The lowest BCUT2D eigenvalue weighted by Gasteiger charge is -2.28. The largest absolute Gasteiger partial charge is 0.493 e. The predicted molar refractivity (Wildman–Crippen MR) is 74.2 cm³/mol. The molecule has 0 atom stereocenters. The van der Waals surface area contributed by atoms with Crippen molar-refractivity contribution in [3.8, 4) is 17.2 Å². The Morgan fingerprint density at radius 3 is 2.58 bits per heavy atom. The Labute approximate surface area is 127 Å². The third-order valence-electron chi connectivity index (χ3n) is 3.08. The zero-order chi connectivity index (χ0) is 21.2. The van der Waals surface area contributed by atoms with Crippen LogP contribution >= 0.6 is 0 Å². The van der Waals surface area contributed by atoms with Crippen molar-refractivity contribution >= 4 is 0 Å². The van der Waals surface area contributed by atoms with Gasteiger partial charge in [0.2, 0.25) is 5.75 Å². The van der Waals surface area contributed by atoms with Crippen LogP contribution < -0.4 is 19.5 Å². The van der Waals surface area contributed by atoms with E-state index in [9.17, 15) is 0 Å². The second-order valence-electron chi connectivity index (χ2n) is 4.21. The molecule has 1 saturated heterocycles. The Balaban J connectivity index is 2.52. The monoisotopic (exact) mass is 275 g/mol. The molecule has 1 aromatic rings. The molecule has 0 unspecified atom stereocenters. The van der Waals surface area contributed by atoms with Gasteiger partial charge in [-0.15, -0.1) is 0 Å². The topological polar surface area (TPSA) is 43.0 Å². The van der Waals surface area contributed by atoms with Crippen LogP contribution in [-0.2, 0) is 6.54 Å². The first-order chi connectivity index (χ1) is 12.7. The molecule has 5 heteroatoms. The van der Waals surface area contributed by atoms with E-state index in [4.69, 9.17) is 26.5 Å². The number of piperazine rings is 1. The minimum atomic E-state index is -2.98. The van der Waals surface area contributed by atoms with E-state index in [0.717, 1.165) is 13.1 Å². The van der Waals surface area contributed by atoms with Crippen LogP contribution in [-0.4, -0.2) is 52.2 Å². The molecule has 0 bridgehead atoms. The SMILES string of the molecule is [2H]C([2H])([2H])Oc1ccc(CN2CCNCC2)c(OC([2H])([2H])[2H])c1OC([2H])([2H])[2H]. The molecule has 0 aliphatic carbocycles. The van der Waals surface area contributed by atoms with Crippen LogP contribution in [0.1, 0.15) is 17.9 Å². The van der Waals surface area contributed by atoms with E-state index in [1.807, 2.05) is 4.90 Å². The van der Waals surface area contributed by atoms with Crippen molar-refractivity contribution in [1.29, 1.82) is 0 Å². The zero-order valence-corrected chi connectivity index (χ0v) is 10.4. The summed E-state index contributed by atoms with van der Waals surface area (Å²) in [6.45, 7) is 3.13. The van der Waals surface area contributed by atoms with Crippen molar-refractivity contribution in [1.82, 2.24) is 10.2 Å². The summed E-state index contributed by atoms with van der Waals surface area (Å²) >= 11 is 0. The van der Waals surface area contributed by atoms with Crippen molar-refractivity contribution < 1.29 is 26.5 Å². The Morgan fingerprint density at radius 1 is 1.11 bits per heavy atom. The van der Waals surface area contributed by atoms with Crippen LogP contribution in [0.4, 0.5) is 0 Å². The minimum Gasteiger partial charge on any atom is -0.493 e. The molecule has 0 radical (unpaired) electrons. The summed E-state index contributed by atoms with van der Waals surface area (Å²) < 4.78 is 80.8. The van der Waals surface area contributed by atoms with E-state index in [1.165, 1.54) is 12.1 Å². The van der Waals surface area contributed by atoms with E-state index < -0.39 is 32.6 Å². The molecule has 1 heterocycles. The van der Waals surface area contributed by atoms with Crippen LogP contribution in [0.5, 0.6) is 17.2 Å². The fourth-order valence-corrected chi connectivity index (χ4v) is 2.11. The molecule has 0 saturated carbocycles. The Bertz CT molecular complexity index is 668. The highest BCUT2D eigenvalue weighted by Crippen LogP contribution is 2.40. The fourth-order valence-electron chi connectivity index (χ4n) is 2.11. The summed E-state index contributed by atoms with van der Waals surface area (Å²) in [6, 6.07) is 2.67. The third kappa shape index (κ3) is 3.11. The maximum atomic E-state index is 7.40. The standard InChI is InChI=1S/C14H22N2O3/c1-17-12-5-4-11(13(18-2)14(12)19-3)10-16-8-6-15-7-9-16/h4-5,15H,6-10H2,1-3H3/i1D3,2D3,3D3. The highest BCUT2D eigenvalue weighted by atomic mass is 16.5. The first-order valence-corrected chi connectivity index (χ1v) is 5.89. The van der Waals surface area contributed by atoms with Crippen molar-refractivity contribution in [2.45, 2.75) is 6.54 Å². The van der Waals surface area contributed by atoms with Gasteiger partial charge in [0.05, 0.1) is 33.5 Å². The number of hydrogen-bond acceptors (Lipinski definition) is 5. The maximum absolute atomic E-state index is 7.40. The number of methoxy groups -OCH3 is 3. The minimum absolute atomic E-state index is 0.262. The van der Waals surface area contributed by atoms with Crippen LogP contribution in [0, 0.1) is 0 Å². The second kappa shape index (κ2) is 6.63. The second-order valence-corrected chi connectivity index (χ2v) is 4.21. The molecule has 1 fully saturated rings. The molecule has 0 aromatic heterocycles. The zero-order valence-electron chi connectivity index (χ0n) is 19.4. The summed E-state index contributed by atoms with van der Waals surface area (Å²) in [6.07, 6.45) is 0. The van der Waals surface area contributed by atoms with Gasteiger partial charge in [0.25, 0.3) is 0 Å². The van der Waals surface area contributed by atoms with E-state index >= 15 is 0 Å². The number of nitrogens with one attached hydrogen (secondary N) is 1. The van der Waals surface area contributed by atoms with E-state index in [-0.39, 0.29) is 12.3 Å². The number of ether oxygens (including phenoxy) is 3. The smallest absolute Gasteiger partial charge is 0.203 e. The number of rotatable bonds is 5. The third-order valence-corrected chi connectivity index (χ3v) is 3.08. The maximum Gasteiger partial charge on any atom is 0.203 e. The lowest BCUT2D eigenvalue weighted by atomic mass is 10.1. The molecule has 106 valence electrons. The van der Waals surface area contributed by atoms with Crippen LogP contribution in [0.2, 0.25) is 0 Å². The first-order valence-electron chi connectivity index (χ1n) is 10.4. The lowest BCUT2D eigenvalue weighted by Crippen LogP contribution is -2.42. The number of hydrogen-bond donors (Lipinski definition) is 1. The molecule has 1 aliphatic heterocycles. The van der Waals surface area contributed by atoms with Crippen molar-refractivity contribution in [3.05, 3.63) is 17.7 Å². The van der Waals surface area contributed by atoms with Gasteiger partial charge in [-0.25, -0.2) is 0 Å². The van der Waals surface area contributed by atoms with E-state index in [0.29, 0.717) is 18.7 Å². The predicted octanol–water partition coefficient (Wildman–Crippen LogP) is 1.12. The molecular weight excluding hydrogens is 244 g/mol. The Morgan fingerprint density at radius 2 is 1.84 bits per heavy atom. The molecule has 1 aliphatic rings. The molecule has 1 aromatic carbocycles. The quantitative estimate of drug-likeness (QED) is 0.872. The highest BCUT2D eigenvalue weighted by Gasteiger charge is 2.18. The van der Waals surface area contributed by atoms with Gasteiger partial charge in [-0.2, -0.15) is 0 Å². The summed E-state index contributed by atoms with van der Waals surface area (Å²) in [4.78, 5) is 2.02. The van der Waals surface area contributed by atoms with Crippen LogP contribution in [0.15, 0.2) is 12.1 Å². The van der Waals surface area contributed by atoms with Gasteiger partial charge in [-0.3, -0.25) is 4.90 Å². The van der Waals surface area contributed by atoms with Crippen LogP contribution in [0.25, 0.3) is 0 Å². The summed E-state index contributed by atoms with van der Waals surface area (Å²) in [5, 5.41) is 3.19. The van der Waals surface area contributed by atoms with Gasteiger partial charge >= 0.3 is 0 Å². The van der Waals surface area contributed by atoms with Gasteiger partial charge < -0.3 is 19.5 Å². The Kier molecular flexibility index (Phi) is 2.21. The molecule has 0 amide bonds. The molecular formula is C14H22N2O3. The van der Waals surface area contributed by atoms with Gasteiger partial charge in [-0.05, 0) is 6.07 Å². The normalized spacial score (nSPS) is 25.2. The van der Waals surface area contributed by atoms with Gasteiger partial charge in [0, 0.05) is 38.3 Å². The molecule has 2 rings (SSSR count). The van der Waals surface area contributed by atoms with E-state index in [1.54, 1.807) is 0 Å². The van der Waals surface area contributed by atoms with Crippen molar-refractivity contribution in [2.75, 3.05) is 47.3 Å². The van der Waals surface area contributed by atoms with E-state index in [2.05, 4.69) is 5.32 Å². The molecule has 5 nitrogen and oxygen atoms in total. The van der Waals surface area contributed by atoms with Crippen LogP contribution in [0.3, 0.4) is 0 Å². The summed E-state index contributed by atoms with van der Waals surface area (Å²) in [7, 11) is -8.79. The fraction of sp³-hybridized carbons (Fsp3) is 0.571. The average Bonchev–Trinajstić information content (AvgIpc) is 2.50.